The molecule has 3 aromatic rings. The van der Waals surface area contributed by atoms with Crippen LogP contribution in [-0.4, -0.2) is 43.5 Å². The summed E-state index contributed by atoms with van der Waals surface area (Å²) in [6, 6.07) is 23.7. The minimum atomic E-state index is -0.345. The van der Waals surface area contributed by atoms with E-state index in [4.69, 9.17) is 4.74 Å². The zero-order chi connectivity index (χ0) is 23.8. The highest BCUT2D eigenvalue weighted by Gasteiger charge is 2.14. The van der Waals surface area contributed by atoms with Crippen molar-refractivity contribution in [3.63, 3.8) is 0 Å². The number of para-hydroxylation sites is 1. The summed E-state index contributed by atoms with van der Waals surface area (Å²) in [6.45, 7) is 3.64. The van der Waals surface area contributed by atoms with Crippen LogP contribution in [0.4, 0.5) is 0 Å². The highest BCUT2D eigenvalue weighted by Crippen LogP contribution is 2.25. The van der Waals surface area contributed by atoms with E-state index in [2.05, 4.69) is 45.9 Å². The molecule has 0 atom stereocenters. The molecule has 4 rings (SSSR count). The number of nitrogens with one attached hydrogen (secondary N) is 2. The summed E-state index contributed by atoms with van der Waals surface area (Å²) in [5.41, 5.74) is 4.96. The molecule has 34 heavy (non-hydrogen) atoms. The maximum absolute atomic E-state index is 12.4. The molecule has 0 aliphatic carbocycles. The van der Waals surface area contributed by atoms with E-state index in [1.807, 2.05) is 18.2 Å². The van der Waals surface area contributed by atoms with Gasteiger partial charge in [0.05, 0.1) is 19.2 Å². The number of carbonyl (C=O) groups excluding carboxylic acids is 2. The van der Waals surface area contributed by atoms with Gasteiger partial charge in [0.15, 0.2) is 0 Å². The Morgan fingerprint density at radius 3 is 2.35 bits per heavy atom. The van der Waals surface area contributed by atoms with E-state index < -0.39 is 0 Å². The van der Waals surface area contributed by atoms with Gasteiger partial charge in [0.2, 0.25) is 5.91 Å². The molecule has 176 valence electrons. The summed E-state index contributed by atoms with van der Waals surface area (Å²) in [5, 5.41) is 5.57. The number of amides is 2. The van der Waals surface area contributed by atoms with Gasteiger partial charge in [-0.3, -0.25) is 14.5 Å². The molecule has 1 heterocycles. The van der Waals surface area contributed by atoms with Gasteiger partial charge in [-0.1, -0.05) is 60.7 Å². The first-order valence-electron chi connectivity index (χ1n) is 11.7. The van der Waals surface area contributed by atoms with Crippen LogP contribution in [0.15, 0.2) is 72.8 Å². The first kappa shape index (κ1) is 23.5. The predicted octanol–water partition coefficient (Wildman–Crippen LogP) is 4.00. The summed E-state index contributed by atoms with van der Waals surface area (Å²) >= 11 is 0. The molecule has 0 radical (unpaired) electrons. The van der Waals surface area contributed by atoms with Crippen molar-refractivity contribution in [3.8, 4) is 16.9 Å². The highest BCUT2D eigenvalue weighted by molar-refractivity contribution is 5.98. The van der Waals surface area contributed by atoms with Crippen molar-refractivity contribution in [1.29, 1.82) is 0 Å². The van der Waals surface area contributed by atoms with E-state index in [0.717, 1.165) is 23.2 Å². The number of benzene rings is 3. The lowest BCUT2D eigenvalue weighted by molar-refractivity contribution is -0.120. The predicted molar refractivity (Wildman–Crippen MR) is 134 cm³/mol. The van der Waals surface area contributed by atoms with Gasteiger partial charge < -0.3 is 15.4 Å². The van der Waals surface area contributed by atoms with E-state index in [9.17, 15) is 9.59 Å². The molecule has 0 unspecified atom stereocenters. The summed E-state index contributed by atoms with van der Waals surface area (Å²) in [6.07, 6.45) is 2.59. The van der Waals surface area contributed by atoms with Gasteiger partial charge in [-0.15, -0.1) is 0 Å². The second kappa shape index (κ2) is 11.5. The van der Waals surface area contributed by atoms with Crippen molar-refractivity contribution in [2.45, 2.75) is 25.9 Å². The van der Waals surface area contributed by atoms with Crippen LogP contribution in [0.1, 0.15) is 34.3 Å². The molecule has 1 aliphatic heterocycles. The number of hydrogen-bond acceptors (Lipinski definition) is 4. The molecule has 1 fully saturated rings. The lowest BCUT2D eigenvalue weighted by Gasteiger charge is -2.15. The van der Waals surface area contributed by atoms with Crippen molar-refractivity contribution in [3.05, 3.63) is 89.5 Å². The molecule has 0 bridgehead atoms. The molecule has 0 spiro atoms. The third-order valence-corrected chi connectivity index (χ3v) is 6.12. The normalized spacial score (nSPS) is 13.4. The maximum Gasteiger partial charge on any atom is 0.255 e. The number of likely N-dealkylation sites (tertiary alicyclic amines) is 1. The lowest BCUT2D eigenvalue weighted by atomic mass is 9.98. The highest BCUT2D eigenvalue weighted by atomic mass is 16.5. The van der Waals surface area contributed by atoms with E-state index >= 15 is 0 Å². The third-order valence-electron chi connectivity index (χ3n) is 6.12. The zero-order valence-corrected chi connectivity index (χ0v) is 19.5. The van der Waals surface area contributed by atoms with Crippen LogP contribution in [-0.2, 0) is 17.9 Å². The smallest absolute Gasteiger partial charge is 0.255 e. The minimum Gasteiger partial charge on any atom is -0.496 e. The summed E-state index contributed by atoms with van der Waals surface area (Å²) in [4.78, 5) is 27.3. The van der Waals surface area contributed by atoms with Gasteiger partial charge in [0, 0.05) is 13.1 Å². The van der Waals surface area contributed by atoms with Gasteiger partial charge in [0.25, 0.3) is 5.91 Å². The Morgan fingerprint density at radius 2 is 1.59 bits per heavy atom. The van der Waals surface area contributed by atoms with Crippen LogP contribution in [0, 0.1) is 0 Å². The Hall–Kier alpha value is -3.64. The second-order valence-electron chi connectivity index (χ2n) is 8.50. The standard InChI is InChI=1S/C28H31N3O3/c1-34-26-11-5-4-10-25(26)28(33)30-19-27(32)29-18-23-8-2-3-9-24(23)22-14-12-21(13-15-22)20-31-16-6-7-17-31/h2-5,8-15H,6-7,16-20H2,1H3,(H,29,32)(H,30,33). The lowest BCUT2D eigenvalue weighted by Crippen LogP contribution is -2.36. The number of rotatable bonds is 9. The van der Waals surface area contributed by atoms with Crippen LogP contribution in [0.3, 0.4) is 0 Å². The van der Waals surface area contributed by atoms with Crippen LogP contribution < -0.4 is 15.4 Å². The Morgan fingerprint density at radius 1 is 0.882 bits per heavy atom. The number of ether oxygens (including phenoxy) is 1. The van der Waals surface area contributed by atoms with Gasteiger partial charge >= 0.3 is 0 Å². The Bertz CT molecular complexity index is 1120. The van der Waals surface area contributed by atoms with Crippen molar-refractivity contribution in [2.75, 3.05) is 26.7 Å². The molecule has 2 amide bonds. The molecule has 6 heteroatoms. The number of carbonyl (C=O) groups is 2. The second-order valence-corrected chi connectivity index (χ2v) is 8.50. The fourth-order valence-corrected chi connectivity index (χ4v) is 4.29. The van der Waals surface area contributed by atoms with Gasteiger partial charge in [-0.05, 0) is 60.3 Å². The molecule has 3 aromatic carbocycles. The topological polar surface area (TPSA) is 70.7 Å². The number of nitrogens with zero attached hydrogens (tertiary/aromatic N) is 1. The quantitative estimate of drug-likeness (QED) is 0.510. The zero-order valence-electron chi connectivity index (χ0n) is 19.5. The summed E-state index contributed by atoms with van der Waals surface area (Å²) in [7, 11) is 1.51. The maximum atomic E-state index is 12.4. The third kappa shape index (κ3) is 6.02. The van der Waals surface area contributed by atoms with E-state index in [1.54, 1.807) is 24.3 Å². The van der Waals surface area contributed by atoms with Crippen LogP contribution >= 0.6 is 0 Å². The van der Waals surface area contributed by atoms with Crippen molar-refractivity contribution in [1.82, 2.24) is 15.5 Å². The van der Waals surface area contributed by atoms with E-state index in [1.165, 1.54) is 38.6 Å². The molecule has 1 aliphatic rings. The average Bonchev–Trinajstić information content (AvgIpc) is 3.39. The minimum absolute atomic E-state index is 0.107. The Labute approximate surface area is 200 Å². The van der Waals surface area contributed by atoms with Crippen molar-refractivity contribution < 1.29 is 14.3 Å². The molecular formula is C28H31N3O3. The number of hydrogen-bond donors (Lipinski definition) is 2. The summed E-state index contributed by atoms with van der Waals surface area (Å²) in [5.74, 6) is -0.123. The van der Waals surface area contributed by atoms with Crippen molar-refractivity contribution in [2.24, 2.45) is 0 Å². The van der Waals surface area contributed by atoms with Crippen LogP contribution in [0.2, 0.25) is 0 Å². The van der Waals surface area contributed by atoms with Gasteiger partial charge in [0.1, 0.15) is 5.75 Å². The largest absolute Gasteiger partial charge is 0.496 e. The Kier molecular flexibility index (Phi) is 7.94. The molecule has 1 saturated heterocycles. The SMILES string of the molecule is COc1ccccc1C(=O)NCC(=O)NCc1ccccc1-c1ccc(CN2CCCC2)cc1. The summed E-state index contributed by atoms with van der Waals surface area (Å²) < 4.78 is 5.21. The van der Waals surface area contributed by atoms with Gasteiger partial charge in [-0.25, -0.2) is 0 Å². The Balaban J connectivity index is 1.33. The fourth-order valence-electron chi connectivity index (χ4n) is 4.29. The number of methoxy groups -OCH3 is 1. The first-order chi connectivity index (χ1) is 16.6. The van der Waals surface area contributed by atoms with Crippen molar-refractivity contribution >= 4 is 11.8 Å². The monoisotopic (exact) mass is 457 g/mol. The first-order valence-corrected chi connectivity index (χ1v) is 11.7. The average molecular weight is 458 g/mol. The van der Waals surface area contributed by atoms with E-state index in [0.29, 0.717) is 17.9 Å². The van der Waals surface area contributed by atoms with E-state index in [-0.39, 0.29) is 18.4 Å². The van der Waals surface area contributed by atoms with Gasteiger partial charge in [-0.2, -0.15) is 0 Å². The van der Waals surface area contributed by atoms with Crippen LogP contribution in [0.25, 0.3) is 11.1 Å². The fraction of sp³-hybridized carbons (Fsp3) is 0.286. The molecule has 0 aromatic heterocycles. The molecule has 0 saturated carbocycles. The molecule has 2 N–H and O–H groups in total. The molecule has 6 nitrogen and oxygen atoms in total. The molecular weight excluding hydrogens is 426 g/mol. The van der Waals surface area contributed by atoms with Crippen LogP contribution in [0.5, 0.6) is 5.75 Å².